The SMILES string of the molecule is CN(C)S(=O)(=O)Nc1ccc(Cl)c(Oc2ccc3ncn(C)c(=O)c3c2)c1F. The monoisotopic (exact) mass is 426 g/mol. The van der Waals surface area contributed by atoms with Crippen molar-refractivity contribution in [2.45, 2.75) is 0 Å². The van der Waals surface area contributed by atoms with Crippen molar-refractivity contribution in [3.8, 4) is 11.5 Å². The number of ether oxygens (including phenoxy) is 1. The van der Waals surface area contributed by atoms with Gasteiger partial charge in [0.1, 0.15) is 5.75 Å². The van der Waals surface area contributed by atoms with Gasteiger partial charge in [0.15, 0.2) is 11.6 Å². The minimum Gasteiger partial charge on any atom is -0.453 e. The van der Waals surface area contributed by atoms with E-state index in [0.717, 1.165) is 4.31 Å². The van der Waals surface area contributed by atoms with Gasteiger partial charge < -0.3 is 9.30 Å². The summed E-state index contributed by atoms with van der Waals surface area (Å²) in [4.78, 5) is 16.3. The number of nitrogens with one attached hydrogen (secondary N) is 1. The van der Waals surface area contributed by atoms with Gasteiger partial charge in [0.25, 0.3) is 5.56 Å². The van der Waals surface area contributed by atoms with Crippen molar-refractivity contribution in [1.29, 1.82) is 0 Å². The Balaban J connectivity index is 2.03. The highest BCUT2D eigenvalue weighted by Crippen LogP contribution is 2.36. The molecule has 1 aromatic heterocycles. The van der Waals surface area contributed by atoms with Crippen LogP contribution in [0.3, 0.4) is 0 Å². The number of fused-ring (bicyclic) bond motifs is 1. The Morgan fingerprint density at radius 1 is 1.25 bits per heavy atom. The van der Waals surface area contributed by atoms with Crippen LogP contribution in [0.1, 0.15) is 0 Å². The Bertz CT molecular complexity index is 1230. The molecule has 28 heavy (non-hydrogen) atoms. The maximum absolute atomic E-state index is 14.8. The van der Waals surface area contributed by atoms with Gasteiger partial charge >= 0.3 is 10.2 Å². The first-order chi connectivity index (χ1) is 13.1. The fourth-order valence-corrected chi connectivity index (χ4v) is 3.11. The van der Waals surface area contributed by atoms with E-state index in [-0.39, 0.29) is 33.2 Å². The zero-order valence-electron chi connectivity index (χ0n) is 15.1. The number of hydrogen-bond acceptors (Lipinski definition) is 5. The second-order valence-electron chi connectivity index (χ2n) is 6.07. The molecule has 0 atom stereocenters. The molecule has 0 spiro atoms. The van der Waals surface area contributed by atoms with Crippen LogP contribution in [0.15, 0.2) is 41.5 Å². The smallest absolute Gasteiger partial charge is 0.301 e. The third-order valence-electron chi connectivity index (χ3n) is 3.88. The van der Waals surface area contributed by atoms with Gasteiger partial charge in [-0.2, -0.15) is 12.7 Å². The molecular formula is C17H16ClFN4O4S. The quantitative estimate of drug-likeness (QED) is 0.677. The number of halogens is 2. The van der Waals surface area contributed by atoms with E-state index in [1.807, 2.05) is 0 Å². The zero-order chi connectivity index (χ0) is 20.6. The summed E-state index contributed by atoms with van der Waals surface area (Å²) in [6, 6.07) is 6.95. The summed E-state index contributed by atoms with van der Waals surface area (Å²) in [5, 5.41) is 0.216. The van der Waals surface area contributed by atoms with Crippen molar-refractivity contribution in [2.24, 2.45) is 7.05 Å². The molecule has 148 valence electrons. The van der Waals surface area contributed by atoms with E-state index in [2.05, 4.69) is 9.71 Å². The molecule has 11 heteroatoms. The number of nitrogens with zero attached hydrogens (tertiary/aromatic N) is 3. The van der Waals surface area contributed by atoms with Crippen LogP contribution >= 0.6 is 11.6 Å². The molecule has 3 rings (SSSR count). The van der Waals surface area contributed by atoms with Crippen LogP contribution in [0.5, 0.6) is 11.5 Å². The van der Waals surface area contributed by atoms with Crippen LogP contribution in [0.2, 0.25) is 5.02 Å². The summed E-state index contributed by atoms with van der Waals surface area (Å²) in [7, 11) is 0.237. The molecule has 1 N–H and O–H groups in total. The van der Waals surface area contributed by atoms with Crippen LogP contribution in [-0.2, 0) is 17.3 Å². The summed E-state index contributed by atoms with van der Waals surface area (Å²) in [5.41, 5.74) is -0.171. The number of hydrogen-bond donors (Lipinski definition) is 1. The van der Waals surface area contributed by atoms with Crippen molar-refractivity contribution in [3.05, 3.63) is 57.9 Å². The minimum absolute atomic E-state index is 0.0653. The fraction of sp³-hybridized carbons (Fsp3) is 0.176. The first kappa shape index (κ1) is 20.1. The Hall–Kier alpha value is -2.69. The lowest BCUT2D eigenvalue weighted by atomic mass is 10.2. The van der Waals surface area contributed by atoms with Gasteiger partial charge in [-0.3, -0.25) is 9.52 Å². The van der Waals surface area contributed by atoms with E-state index in [1.165, 1.54) is 49.3 Å². The highest BCUT2D eigenvalue weighted by atomic mass is 35.5. The van der Waals surface area contributed by atoms with Gasteiger partial charge in [0, 0.05) is 21.1 Å². The lowest BCUT2D eigenvalue weighted by Gasteiger charge is -2.16. The Labute approximate surface area is 165 Å². The highest BCUT2D eigenvalue weighted by molar-refractivity contribution is 7.90. The molecule has 1 heterocycles. The lowest BCUT2D eigenvalue weighted by Crippen LogP contribution is -2.29. The summed E-state index contributed by atoms with van der Waals surface area (Å²) < 4.78 is 48.6. The average Bonchev–Trinajstić information content (AvgIpc) is 2.64. The van der Waals surface area contributed by atoms with E-state index < -0.39 is 16.0 Å². The molecule has 8 nitrogen and oxygen atoms in total. The van der Waals surface area contributed by atoms with Crippen molar-refractivity contribution in [1.82, 2.24) is 13.9 Å². The van der Waals surface area contributed by atoms with Gasteiger partial charge in [-0.1, -0.05) is 11.6 Å². The van der Waals surface area contributed by atoms with Gasteiger partial charge in [-0.15, -0.1) is 0 Å². The molecule has 0 amide bonds. The molecule has 0 saturated heterocycles. The predicted molar refractivity (Wildman–Crippen MR) is 105 cm³/mol. The largest absolute Gasteiger partial charge is 0.453 e. The van der Waals surface area contributed by atoms with E-state index in [9.17, 15) is 17.6 Å². The average molecular weight is 427 g/mol. The predicted octanol–water partition coefficient (Wildman–Crippen LogP) is 2.74. The van der Waals surface area contributed by atoms with Gasteiger partial charge in [0.2, 0.25) is 0 Å². The summed E-state index contributed by atoms with van der Waals surface area (Å²) in [5.74, 6) is -1.22. The van der Waals surface area contributed by atoms with Crippen LogP contribution in [-0.4, -0.2) is 36.4 Å². The van der Waals surface area contributed by atoms with Crippen LogP contribution < -0.4 is 15.0 Å². The summed E-state index contributed by atoms with van der Waals surface area (Å²) >= 11 is 6.03. The first-order valence-corrected chi connectivity index (χ1v) is 9.73. The van der Waals surface area contributed by atoms with Crippen LogP contribution in [0.25, 0.3) is 10.9 Å². The standard InChI is InChI=1S/C17H16ClFN4O4S/c1-22(2)28(25,26)21-14-7-5-12(18)16(15(14)19)27-10-4-6-13-11(8-10)17(24)23(3)9-20-13/h4-9,21H,1-3H3. The normalized spacial score (nSPS) is 11.8. The summed E-state index contributed by atoms with van der Waals surface area (Å²) in [6.07, 6.45) is 1.39. The van der Waals surface area contributed by atoms with Gasteiger partial charge in [0.05, 0.1) is 27.9 Å². The molecular weight excluding hydrogens is 411 g/mol. The molecule has 0 aliphatic rings. The van der Waals surface area contributed by atoms with Crippen molar-refractivity contribution >= 4 is 38.4 Å². The highest BCUT2D eigenvalue weighted by Gasteiger charge is 2.20. The number of rotatable bonds is 5. The van der Waals surface area contributed by atoms with Crippen LogP contribution in [0, 0.1) is 5.82 Å². The molecule has 0 fully saturated rings. The Morgan fingerprint density at radius 3 is 2.64 bits per heavy atom. The molecule has 0 aliphatic heterocycles. The Kier molecular flexibility index (Phi) is 5.28. The third-order valence-corrected chi connectivity index (χ3v) is 5.61. The molecule has 0 unspecified atom stereocenters. The number of benzene rings is 2. The maximum atomic E-state index is 14.8. The molecule has 3 aromatic rings. The first-order valence-electron chi connectivity index (χ1n) is 7.91. The molecule has 0 saturated carbocycles. The number of aromatic nitrogens is 2. The second-order valence-corrected chi connectivity index (χ2v) is 8.36. The summed E-state index contributed by atoms with van der Waals surface area (Å²) in [6.45, 7) is 0. The lowest BCUT2D eigenvalue weighted by molar-refractivity contribution is 0.444. The van der Waals surface area contributed by atoms with E-state index in [4.69, 9.17) is 16.3 Å². The molecule has 0 bridgehead atoms. The maximum Gasteiger partial charge on any atom is 0.301 e. The fourth-order valence-electron chi connectivity index (χ4n) is 2.31. The number of aryl methyl sites for hydroxylation is 1. The second kappa shape index (κ2) is 7.38. The third kappa shape index (κ3) is 3.79. The topological polar surface area (TPSA) is 93.5 Å². The minimum atomic E-state index is -3.92. The van der Waals surface area contributed by atoms with Crippen LogP contribution in [0.4, 0.5) is 10.1 Å². The van der Waals surface area contributed by atoms with Gasteiger partial charge in [-0.05, 0) is 30.3 Å². The molecule has 2 aromatic carbocycles. The van der Waals surface area contributed by atoms with Crippen molar-refractivity contribution in [2.75, 3.05) is 18.8 Å². The van der Waals surface area contributed by atoms with E-state index in [1.54, 1.807) is 13.1 Å². The molecule has 0 aliphatic carbocycles. The van der Waals surface area contributed by atoms with E-state index >= 15 is 0 Å². The molecule has 0 radical (unpaired) electrons. The van der Waals surface area contributed by atoms with E-state index in [0.29, 0.717) is 5.52 Å². The van der Waals surface area contributed by atoms with Crippen molar-refractivity contribution < 1.29 is 17.5 Å². The number of anilines is 1. The van der Waals surface area contributed by atoms with Crippen molar-refractivity contribution in [3.63, 3.8) is 0 Å². The Morgan fingerprint density at radius 2 is 1.96 bits per heavy atom. The zero-order valence-corrected chi connectivity index (χ0v) is 16.7. The van der Waals surface area contributed by atoms with Gasteiger partial charge in [-0.25, -0.2) is 9.37 Å².